The van der Waals surface area contributed by atoms with Crippen LogP contribution in [0.3, 0.4) is 0 Å². The zero-order valence-electron chi connectivity index (χ0n) is 13.4. The lowest BCUT2D eigenvalue weighted by molar-refractivity contribution is -0.138. The topological polar surface area (TPSA) is 60.8 Å². The van der Waals surface area contributed by atoms with Crippen LogP contribution < -0.4 is 0 Å². The van der Waals surface area contributed by atoms with Crippen LogP contribution in [0.25, 0.3) is 10.8 Å². The van der Waals surface area contributed by atoms with Gasteiger partial charge in [-0.1, -0.05) is 42.5 Å². The van der Waals surface area contributed by atoms with Crippen LogP contribution in [0.2, 0.25) is 0 Å². The van der Waals surface area contributed by atoms with Crippen molar-refractivity contribution in [1.82, 2.24) is 4.90 Å². The summed E-state index contributed by atoms with van der Waals surface area (Å²) in [5.74, 6) is -0.0292. The number of likely N-dealkylation sites (N-methyl/N-ethyl adjacent to an activating group) is 1. The van der Waals surface area contributed by atoms with Gasteiger partial charge >= 0.3 is 0 Å². The van der Waals surface area contributed by atoms with E-state index in [2.05, 4.69) is 0 Å². The van der Waals surface area contributed by atoms with E-state index < -0.39 is 12.2 Å². The summed E-state index contributed by atoms with van der Waals surface area (Å²) >= 11 is 0. The minimum absolute atomic E-state index is 0.0292. The van der Waals surface area contributed by atoms with Gasteiger partial charge in [0.25, 0.3) is 0 Å². The fourth-order valence-corrected chi connectivity index (χ4v) is 3.39. The molecule has 3 atom stereocenters. The number of benzene rings is 2. The fraction of sp³-hybridized carbons (Fsp3) is 0.421. The SMILES string of the molecule is CN(C(=O)Cc1ccc2ccccc2c1)[C@@H]1CCC[C@@H](O)[C@@H]1O. The zero-order chi connectivity index (χ0) is 16.4. The van der Waals surface area contributed by atoms with Crippen molar-refractivity contribution < 1.29 is 15.0 Å². The second-order valence-corrected chi connectivity index (χ2v) is 6.42. The highest BCUT2D eigenvalue weighted by Crippen LogP contribution is 2.24. The largest absolute Gasteiger partial charge is 0.390 e. The minimum atomic E-state index is -0.852. The first kappa shape index (κ1) is 16.0. The van der Waals surface area contributed by atoms with Gasteiger partial charge in [0.2, 0.25) is 5.91 Å². The Kier molecular flexibility index (Phi) is 4.64. The molecule has 0 unspecified atom stereocenters. The van der Waals surface area contributed by atoms with E-state index in [9.17, 15) is 15.0 Å². The monoisotopic (exact) mass is 313 g/mol. The second-order valence-electron chi connectivity index (χ2n) is 6.42. The zero-order valence-corrected chi connectivity index (χ0v) is 13.4. The average Bonchev–Trinajstić information content (AvgIpc) is 2.56. The van der Waals surface area contributed by atoms with E-state index in [1.165, 1.54) is 0 Å². The number of carbonyl (C=O) groups is 1. The van der Waals surface area contributed by atoms with Gasteiger partial charge in [0.1, 0.15) is 6.10 Å². The average molecular weight is 313 g/mol. The number of fused-ring (bicyclic) bond motifs is 1. The van der Waals surface area contributed by atoms with Crippen molar-refractivity contribution in [3.8, 4) is 0 Å². The number of nitrogens with zero attached hydrogens (tertiary/aromatic N) is 1. The molecule has 1 amide bonds. The Bertz CT molecular complexity index is 700. The van der Waals surface area contributed by atoms with E-state index in [-0.39, 0.29) is 11.9 Å². The summed E-state index contributed by atoms with van der Waals surface area (Å²) in [6, 6.07) is 13.8. The quantitative estimate of drug-likeness (QED) is 0.912. The predicted octanol–water partition coefficient (Wildman–Crippen LogP) is 2.12. The highest BCUT2D eigenvalue weighted by Gasteiger charge is 2.34. The number of hydrogen-bond donors (Lipinski definition) is 2. The Labute approximate surface area is 136 Å². The van der Waals surface area contributed by atoms with Gasteiger partial charge in [-0.3, -0.25) is 4.79 Å². The first-order valence-corrected chi connectivity index (χ1v) is 8.16. The number of rotatable bonds is 3. The Morgan fingerprint density at radius 2 is 1.87 bits per heavy atom. The molecule has 0 aliphatic heterocycles. The normalized spacial score (nSPS) is 24.6. The molecule has 4 nitrogen and oxygen atoms in total. The van der Waals surface area contributed by atoms with E-state index in [1.54, 1.807) is 11.9 Å². The highest BCUT2D eigenvalue weighted by atomic mass is 16.3. The molecule has 2 N–H and O–H groups in total. The molecule has 23 heavy (non-hydrogen) atoms. The lowest BCUT2D eigenvalue weighted by atomic mass is 9.89. The van der Waals surface area contributed by atoms with Crippen LogP contribution in [0.1, 0.15) is 24.8 Å². The van der Waals surface area contributed by atoms with Crippen molar-refractivity contribution in [2.75, 3.05) is 7.05 Å². The smallest absolute Gasteiger partial charge is 0.227 e. The standard InChI is InChI=1S/C19H23NO3/c1-20(16-7-4-8-17(21)19(16)23)18(22)12-13-9-10-14-5-2-3-6-15(14)11-13/h2-3,5-6,9-11,16-17,19,21,23H,4,7-8,12H2,1H3/t16-,17-,19-/m1/s1. The molecule has 1 fully saturated rings. The molecule has 1 saturated carbocycles. The van der Waals surface area contributed by atoms with Gasteiger partial charge in [-0.15, -0.1) is 0 Å². The Balaban J connectivity index is 1.72. The lowest BCUT2D eigenvalue weighted by Gasteiger charge is -2.37. The van der Waals surface area contributed by atoms with E-state index in [4.69, 9.17) is 0 Å². The first-order chi connectivity index (χ1) is 11.1. The third kappa shape index (κ3) is 3.38. The lowest BCUT2D eigenvalue weighted by Crippen LogP contribution is -2.52. The number of aliphatic hydroxyl groups excluding tert-OH is 2. The highest BCUT2D eigenvalue weighted by molar-refractivity contribution is 5.85. The molecule has 2 aromatic carbocycles. The maximum atomic E-state index is 12.5. The van der Waals surface area contributed by atoms with E-state index in [1.807, 2.05) is 42.5 Å². The van der Waals surface area contributed by atoms with Crippen LogP contribution in [0.4, 0.5) is 0 Å². The molecule has 1 aliphatic carbocycles. The molecule has 0 spiro atoms. The first-order valence-electron chi connectivity index (χ1n) is 8.16. The number of hydrogen-bond acceptors (Lipinski definition) is 3. The third-order valence-electron chi connectivity index (χ3n) is 4.85. The summed E-state index contributed by atoms with van der Waals surface area (Å²) in [4.78, 5) is 14.1. The summed E-state index contributed by atoms with van der Waals surface area (Å²) in [6.45, 7) is 0. The summed E-state index contributed by atoms with van der Waals surface area (Å²) < 4.78 is 0. The maximum absolute atomic E-state index is 12.5. The second kappa shape index (κ2) is 6.69. The van der Waals surface area contributed by atoms with Gasteiger partial charge in [-0.25, -0.2) is 0 Å². The molecule has 0 saturated heterocycles. The van der Waals surface area contributed by atoms with Crippen LogP contribution in [0.15, 0.2) is 42.5 Å². The molecule has 1 aliphatic rings. The predicted molar refractivity (Wildman–Crippen MR) is 90.1 cm³/mol. The van der Waals surface area contributed by atoms with Gasteiger partial charge in [0.05, 0.1) is 18.6 Å². The van der Waals surface area contributed by atoms with Crippen molar-refractivity contribution in [1.29, 1.82) is 0 Å². The molecular formula is C19H23NO3. The van der Waals surface area contributed by atoms with Gasteiger partial charge in [-0.05, 0) is 35.6 Å². The Hall–Kier alpha value is -1.91. The Morgan fingerprint density at radius 1 is 1.13 bits per heavy atom. The van der Waals surface area contributed by atoms with Crippen molar-refractivity contribution in [2.24, 2.45) is 0 Å². The minimum Gasteiger partial charge on any atom is -0.390 e. The van der Waals surface area contributed by atoms with Crippen molar-refractivity contribution in [3.63, 3.8) is 0 Å². The van der Waals surface area contributed by atoms with Crippen molar-refractivity contribution >= 4 is 16.7 Å². The van der Waals surface area contributed by atoms with Crippen LogP contribution in [0, 0.1) is 0 Å². The van der Waals surface area contributed by atoms with Gasteiger partial charge in [0.15, 0.2) is 0 Å². The van der Waals surface area contributed by atoms with Crippen LogP contribution >= 0.6 is 0 Å². The van der Waals surface area contributed by atoms with E-state index in [0.717, 1.165) is 29.2 Å². The number of aliphatic hydroxyl groups is 2. The molecule has 0 bridgehead atoms. The Morgan fingerprint density at radius 3 is 2.65 bits per heavy atom. The summed E-state index contributed by atoms with van der Waals surface area (Å²) in [5, 5.41) is 22.2. The summed E-state index contributed by atoms with van der Waals surface area (Å²) in [6.07, 6.45) is 0.888. The van der Waals surface area contributed by atoms with Gasteiger partial charge < -0.3 is 15.1 Å². The molecule has 122 valence electrons. The van der Waals surface area contributed by atoms with Crippen molar-refractivity contribution in [3.05, 3.63) is 48.0 Å². The molecule has 2 aromatic rings. The molecule has 0 heterocycles. The molecule has 3 rings (SSSR count). The molecule has 0 radical (unpaired) electrons. The number of amides is 1. The molecular weight excluding hydrogens is 290 g/mol. The van der Waals surface area contributed by atoms with Gasteiger partial charge in [-0.2, -0.15) is 0 Å². The summed E-state index contributed by atoms with van der Waals surface area (Å²) in [5.41, 5.74) is 0.964. The summed E-state index contributed by atoms with van der Waals surface area (Å²) in [7, 11) is 1.72. The van der Waals surface area contributed by atoms with Crippen molar-refractivity contribution in [2.45, 2.75) is 43.9 Å². The molecule has 4 heteroatoms. The number of carbonyl (C=O) groups excluding carboxylic acids is 1. The fourth-order valence-electron chi connectivity index (χ4n) is 3.39. The third-order valence-corrected chi connectivity index (χ3v) is 4.85. The van der Waals surface area contributed by atoms with Crippen LogP contribution in [-0.4, -0.2) is 46.3 Å². The van der Waals surface area contributed by atoms with E-state index in [0.29, 0.717) is 12.8 Å². The maximum Gasteiger partial charge on any atom is 0.227 e. The van der Waals surface area contributed by atoms with Gasteiger partial charge in [0, 0.05) is 7.05 Å². The molecule has 0 aromatic heterocycles. The van der Waals surface area contributed by atoms with Crippen LogP contribution in [-0.2, 0) is 11.2 Å². The van der Waals surface area contributed by atoms with Crippen LogP contribution in [0.5, 0.6) is 0 Å². The van der Waals surface area contributed by atoms with E-state index >= 15 is 0 Å².